The largest absolute Gasteiger partial charge is 0.280 e. The maximum Gasteiger partial charge on any atom is 0.280 e. The monoisotopic (exact) mass is 392 g/mol. The van der Waals surface area contributed by atoms with Gasteiger partial charge in [-0.2, -0.15) is 5.01 Å². The van der Waals surface area contributed by atoms with Crippen molar-refractivity contribution in [1.29, 1.82) is 0 Å². The predicted molar refractivity (Wildman–Crippen MR) is 102 cm³/mol. The van der Waals surface area contributed by atoms with Gasteiger partial charge >= 0.3 is 0 Å². The number of anilines is 1. The molecule has 3 aromatic rings. The number of hydrogen-bond donors (Lipinski definition) is 0. The molecule has 29 heavy (non-hydrogen) atoms. The molecule has 144 valence electrons. The highest BCUT2D eigenvalue weighted by atomic mass is 16.6. The number of aromatic nitrogens is 1. The van der Waals surface area contributed by atoms with Crippen LogP contribution >= 0.6 is 0 Å². The number of non-ortho nitro benzene ring substituents is 2. The molecule has 0 spiro atoms. The second-order valence-electron chi connectivity index (χ2n) is 5.59. The van der Waals surface area contributed by atoms with Crippen LogP contribution in [0.3, 0.4) is 0 Å². The van der Waals surface area contributed by atoms with Gasteiger partial charge < -0.3 is 0 Å². The Kier molecular flexibility index (Phi) is 5.59. The minimum Gasteiger partial charge on any atom is -0.267 e. The highest BCUT2D eigenvalue weighted by Crippen LogP contribution is 2.24. The third-order valence-electron chi connectivity index (χ3n) is 3.73. The van der Waals surface area contributed by atoms with Crippen molar-refractivity contribution >= 4 is 28.7 Å². The van der Waals surface area contributed by atoms with E-state index in [0.717, 1.165) is 5.01 Å². The number of rotatable bonds is 6. The molecule has 0 unspecified atom stereocenters. The Labute approximate surface area is 163 Å². The first-order valence-corrected chi connectivity index (χ1v) is 8.11. The third kappa shape index (κ3) is 4.60. The lowest BCUT2D eigenvalue weighted by Gasteiger charge is -2.15. The quantitative estimate of drug-likeness (QED) is 0.348. The molecule has 0 N–H and O–H groups in total. The van der Waals surface area contributed by atoms with Gasteiger partial charge in [0.2, 0.25) is 0 Å². The fourth-order valence-electron chi connectivity index (χ4n) is 2.28. The van der Waals surface area contributed by atoms with Gasteiger partial charge in [0.15, 0.2) is 0 Å². The summed E-state index contributed by atoms with van der Waals surface area (Å²) in [5.41, 5.74) is 0.565. The molecule has 1 heterocycles. The molecule has 0 atom stereocenters. The van der Waals surface area contributed by atoms with Gasteiger partial charge in [-0.3, -0.25) is 30.0 Å². The molecule has 0 saturated heterocycles. The zero-order chi connectivity index (χ0) is 20.8. The second-order valence-corrected chi connectivity index (χ2v) is 5.59. The highest BCUT2D eigenvalue weighted by molar-refractivity contribution is 6.05. The maximum atomic E-state index is 12.8. The van der Waals surface area contributed by atoms with E-state index in [4.69, 9.17) is 0 Å². The van der Waals surface area contributed by atoms with E-state index in [9.17, 15) is 25.0 Å². The van der Waals surface area contributed by atoms with E-state index in [1.54, 1.807) is 0 Å². The van der Waals surface area contributed by atoms with E-state index in [2.05, 4.69) is 15.3 Å². The summed E-state index contributed by atoms with van der Waals surface area (Å²) in [6.45, 7) is 0. The van der Waals surface area contributed by atoms with Gasteiger partial charge in [-0.15, -0.1) is 5.11 Å². The second kappa shape index (κ2) is 8.43. The van der Waals surface area contributed by atoms with Crippen LogP contribution in [-0.4, -0.2) is 20.7 Å². The summed E-state index contributed by atoms with van der Waals surface area (Å²) in [5.74, 6) is -0.535. The number of nitro benzene ring substituents is 2. The van der Waals surface area contributed by atoms with Gasteiger partial charge in [-0.05, 0) is 36.4 Å². The van der Waals surface area contributed by atoms with Crippen LogP contribution in [0.5, 0.6) is 0 Å². The topological polar surface area (TPSA) is 144 Å². The Balaban J connectivity index is 1.94. The van der Waals surface area contributed by atoms with Crippen LogP contribution in [0.15, 0.2) is 83.4 Å². The lowest BCUT2D eigenvalue weighted by molar-refractivity contribution is -0.385. The van der Waals surface area contributed by atoms with Crippen molar-refractivity contribution in [3.05, 3.63) is 98.8 Å². The minimum absolute atomic E-state index is 0.107. The number of nitrogens with zero attached hydrogens (tertiary/aromatic N) is 6. The van der Waals surface area contributed by atoms with Crippen LogP contribution in [0.25, 0.3) is 0 Å². The number of carbonyl (C=O) groups is 1. The lowest BCUT2D eigenvalue weighted by atomic mass is 10.2. The van der Waals surface area contributed by atoms with Crippen LogP contribution in [0.1, 0.15) is 10.4 Å². The molecule has 2 aromatic carbocycles. The number of carbonyl (C=O) groups excluding carboxylic acids is 1. The number of benzene rings is 2. The zero-order valence-electron chi connectivity index (χ0n) is 14.7. The van der Waals surface area contributed by atoms with E-state index < -0.39 is 15.8 Å². The molecule has 11 heteroatoms. The zero-order valence-corrected chi connectivity index (χ0v) is 14.7. The molecule has 11 nitrogen and oxygen atoms in total. The van der Waals surface area contributed by atoms with Crippen LogP contribution in [-0.2, 0) is 0 Å². The molecular formula is C18H12N6O5. The molecule has 0 saturated carbocycles. The van der Waals surface area contributed by atoms with E-state index >= 15 is 0 Å². The maximum absolute atomic E-state index is 12.8. The Morgan fingerprint density at radius 2 is 1.34 bits per heavy atom. The van der Waals surface area contributed by atoms with Crippen molar-refractivity contribution in [2.24, 2.45) is 10.3 Å². The summed E-state index contributed by atoms with van der Waals surface area (Å²) in [6.07, 6.45) is 2.88. The van der Waals surface area contributed by atoms with Gasteiger partial charge in [-0.1, -0.05) is 5.22 Å². The summed E-state index contributed by atoms with van der Waals surface area (Å²) in [5, 5.41) is 30.4. The number of nitro groups is 2. The molecule has 1 amide bonds. The molecular weight excluding hydrogens is 380 g/mol. The van der Waals surface area contributed by atoms with E-state index in [1.807, 2.05) is 0 Å². The number of amides is 1. The Morgan fingerprint density at radius 1 is 0.828 bits per heavy atom. The molecule has 0 aliphatic heterocycles. The van der Waals surface area contributed by atoms with Crippen molar-refractivity contribution in [3.63, 3.8) is 0 Å². The van der Waals surface area contributed by atoms with Crippen molar-refractivity contribution in [3.8, 4) is 0 Å². The van der Waals surface area contributed by atoms with Crippen molar-refractivity contribution in [1.82, 2.24) is 4.98 Å². The van der Waals surface area contributed by atoms with E-state index in [1.165, 1.54) is 73.1 Å². The molecule has 0 bridgehead atoms. The van der Waals surface area contributed by atoms with Gasteiger partial charge in [0.05, 0.1) is 21.2 Å². The molecule has 0 aliphatic rings. The number of pyridine rings is 1. The summed E-state index contributed by atoms with van der Waals surface area (Å²) in [7, 11) is 0. The standard InChI is InChI=1S/C18H12N6O5/c25-18(13-9-11-19-12-10-13)22(15-5-7-17(8-6-15)24(28)29)21-20-14-1-3-16(4-2-14)23(26)27/h1-12H. The average molecular weight is 392 g/mol. The van der Waals surface area contributed by atoms with Crippen molar-refractivity contribution in [2.75, 3.05) is 5.01 Å². The predicted octanol–water partition coefficient (Wildman–Crippen LogP) is 4.24. The molecule has 0 aliphatic carbocycles. The van der Waals surface area contributed by atoms with Crippen LogP contribution < -0.4 is 5.01 Å². The SMILES string of the molecule is O=C(c1ccncc1)N(N=Nc1ccc([N+](=O)[O-])cc1)c1ccc([N+](=O)[O-])cc1. The van der Waals surface area contributed by atoms with Crippen molar-refractivity contribution < 1.29 is 14.6 Å². The molecule has 0 fully saturated rings. The summed E-state index contributed by atoms with van der Waals surface area (Å²) >= 11 is 0. The Morgan fingerprint density at radius 3 is 1.86 bits per heavy atom. The molecule has 0 radical (unpaired) electrons. The molecule has 1 aromatic heterocycles. The normalized spacial score (nSPS) is 10.6. The van der Waals surface area contributed by atoms with Gasteiger partial charge in [-0.25, -0.2) is 0 Å². The minimum atomic E-state index is -0.558. The Hall–Kier alpha value is -4.54. The average Bonchev–Trinajstić information content (AvgIpc) is 2.75. The van der Waals surface area contributed by atoms with Crippen LogP contribution in [0, 0.1) is 20.2 Å². The first kappa shape index (κ1) is 19.2. The summed E-state index contributed by atoms with van der Waals surface area (Å²) in [6, 6.07) is 13.5. The first-order valence-electron chi connectivity index (χ1n) is 8.11. The van der Waals surface area contributed by atoms with E-state index in [-0.39, 0.29) is 28.3 Å². The van der Waals surface area contributed by atoms with Crippen LogP contribution in [0.2, 0.25) is 0 Å². The summed E-state index contributed by atoms with van der Waals surface area (Å²) < 4.78 is 0. The van der Waals surface area contributed by atoms with Gasteiger partial charge in [0.1, 0.15) is 0 Å². The fraction of sp³-hybridized carbons (Fsp3) is 0. The Bertz CT molecular complexity index is 1070. The van der Waals surface area contributed by atoms with Gasteiger partial charge in [0, 0.05) is 42.2 Å². The summed E-state index contributed by atoms with van der Waals surface area (Å²) in [4.78, 5) is 37.2. The van der Waals surface area contributed by atoms with E-state index in [0.29, 0.717) is 0 Å². The lowest BCUT2D eigenvalue weighted by Crippen LogP contribution is -2.24. The van der Waals surface area contributed by atoms with Crippen LogP contribution in [0.4, 0.5) is 22.7 Å². The van der Waals surface area contributed by atoms with Crippen molar-refractivity contribution in [2.45, 2.75) is 0 Å². The highest BCUT2D eigenvalue weighted by Gasteiger charge is 2.19. The molecule has 3 rings (SSSR count). The first-order chi connectivity index (χ1) is 14.0. The van der Waals surface area contributed by atoms with Gasteiger partial charge in [0.25, 0.3) is 17.3 Å². The fourth-order valence-corrected chi connectivity index (χ4v) is 2.28. The smallest absolute Gasteiger partial charge is 0.267 e. The number of hydrogen-bond acceptors (Lipinski definition) is 8. The third-order valence-corrected chi connectivity index (χ3v) is 3.73.